The van der Waals surface area contributed by atoms with Crippen LogP contribution < -0.4 is 0 Å². The molecular weight excluding hydrogens is 150 g/mol. The molecule has 0 aliphatic carbocycles. The Kier molecular flexibility index (Phi) is 3.33. The summed E-state index contributed by atoms with van der Waals surface area (Å²) in [6.45, 7) is 0.374. The molecule has 2 unspecified atom stereocenters. The summed E-state index contributed by atoms with van der Waals surface area (Å²) in [7, 11) is 5.15. The van der Waals surface area contributed by atoms with Gasteiger partial charge in [0.05, 0.1) is 12.7 Å². The van der Waals surface area contributed by atoms with E-state index < -0.39 is 0 Å². The molecule has 54 valence electrons. The lowest BCUT2D eigenvalue weighted by atomic mass is 9.97. The molecule has 2 atom stereocenters. The topological polar surface area (TPSA) is 35.5 Å². The summed E-state index contributed by atoms with van der Waals surface area (Å²) in [5.41, 5.74) is 0. The van der Waals surface area contributed by atoms with Gasteiger partial charge in [0, 0.05) is 6.00 Å². The number of ether oxygens (including phenoxy) is 1. The van der Waals surface area contributed by atoms with Crippen LogP contribution in [0, 0.1) is 0 Å². The molecule has 1 aliphatic heterocycles. The van der Waals surface area contributed by atoms with Gasteiger partial charge in [-0.05, 0) is 12.8 Å². The quantitative estimate of drug-likeness (QED) is 0.451. The Morgan fingerprint density at radius 2 is 2.50 bits per heavy atom. The summed E-state index contributed by atoms with van der Waals surface area (Å²) >= 11 is 0. The molecule has 0 spiro atoms. The van der Waals surface area contributed by atoms with E-state index in [9.17, 15) is 4.57 Å². The summed E-state index contributed by atoms with van der Waals surface area (Å²) in [6.07, 6.45) is 1.80. The summed E-state index contributed by atoms with van der Waals surface area (Å²) < 4.78 is 19.6. The monoisotopic (exact) mass is 158 g/mol. The van der Waals surface area contributed by atoms with Crippen molar-refractivity contribution in [2.75, 3.05) is 6.61 Å². The predicted octanol–water partition coefficient (Wildman–Crippen LogP) is 0.883. The van der Waals surface area contributed by atoms with Gasteiger partial charge in [-0.15, -0.1) is 0 Å². The van der Waals surface area contributed by atoms with Crippen molar-refractivity contribution >= 4 is 16.5 Å². The van der Waals surface area contributed by atoms with E-state index in [1.165, 1.54) is 0 Å². The second-order valence-corrected chi connectivity index (χ2v) is 2.65. The molecule has 0 N–H and O–H groups in total. The Bertz CT molecular complexity index is 121. The summed E-state index contributed by atoms with van der Waals surface area (Å²) in [5, 5.41) is 0. The SMILES string of the molecule is [B]C1CCC(COP=O)O1. The molecular formula is C5H8BO3P. The maximum absolute atomic E-state index is 9.83. The van der Waals surface area contributed by atoms with E-state index in [0.29, 0.717) is 6.61 Å². The van der Waals surface area contributed by atoms with Crippen molar-refractivity contribution in [3.05, 3.63) is 0 Å². The van der Waals surface area contributed by atoms with Crippen LogP contribution in [-0.4, -0.2) is 26.6 Å². The Morgan fingerprint density at radius 1 is 1.70 bits per heavy atom. The van der Waals surface area contributed by atoms with Gasteiger partial charge in [0.1, 0.15) is 7.85 Å². The van der Waals surface area contributed by atoms with Gasteiger partial charge in [0.2, 0.25) is 0 Å². The third kappa shape index (κ3) is 2.37. The van der Waals surface area contributed by atoms with Crippen molar-refractivity contribution in [3.63, 3.8) is 0 Å². The van der Waals surface area contributed by atoms with Crippen LogP contribution in [0.2, 0.25) is 0 Å². The highest BCUT2D eigenvalue weighted by Gasteiger charge is 2.21. The van der Waals surface area contributed by atoms with Gasteiger partial charge in [0.15, 0.2) is 0 Å². The minimum Gasteiger partial charge on any atom is -0.382 e. The van der Waals surface area contributed by atoms with Crippen molar-refractivity contribution in [1.29, 1.82) is 0 Å². The van der Waals surface area contributed by atoms with Crippen molar-refractivity contribution in [2.24, 2.45) is 0 Å². The van der Waals surface area contributed by atoms with Crippen molar-refractivity contribution in [1.82, 2.24) is 0 Å². The molecule has 1 rings (SSSR count). The van der Waals surface area contributed by atoms with E-state index in [1.54, 1.807) is 0 Å². The van der Waals surface area contributed by atoms with Gasteiger partial charge in [-0.2, -0.15) is 0 Å². The lowest BCUT2D eigenvalue weighted by Gasteiger charge is -2.07. The summed E-state index contributed by atoms with van der Waals surface area (Å²) in [6, 6.07) is -0.156. The molecule has 0 saturated carbocycles. The standard InChI is InChI=1S/C5H8BO3P/c6-5-2-1-4(9-5)3-8-10-7/h4-5H,1-3H2. The first-order valence-corrected chi connectivity index (χ1v) is 3.91. The fraction of sp³-hybridized carbons (Fsp3) is 1.00. The molecule has 1 saturated heterocycles. The van der Waals surface area contributed by atoms with Crippen molar-refractivity contribution < 1.29 is 13.8 Å². The number of rotatable bonds is 3. The highest BCUT2D eigenvalue weighted by Crippen LogP contribution is 2.18. The van der Waals surface area contributed by atoms with E-state index >= 15 is 0 Å². The molecule has 0 bridgehead atoms. The fourth-order valence-electron chi connectivity index (χ4n) is 0.970. The third-order valence-corrected chi connectivity index (χ3v) is 1.71. The summed E-state index contributed by atoms with van der Waals surface area (Å²) in [5.74, 6) is 0. The maximum atomic E-state index is 9.83. The van der Waals surface area contributed by atoms with Gasteiger partial charge in [-0.3, -0.25) is 4.52 Å². The average molecular weight is 158 g/mol. The van der Waals surface area contributed by atoms with E-state index in [4.69, 9.17) is 12.6 Å². The molecule has 2 radical (unpaired) electrons. The molecule has 0 amide bonds. The first-order valence-electron chi connectivity index (χ1n) is 3.18. The van der Waals surface area contributed by atoms with E-state index in [-0.39, 0.29) is 20.8 Å². The molecule has 0 aromatic heterocycles. The smallest absolute Gasteiger partial charge is 0.327 e. The van der Waals surface area contributed by atoms with Crippen LogP contribution in [0.5, 0.6) is 0 Å². The maximum Gasteiger partial charge on any atom is 0.327 e. The van der Waals surface area contributed by atoms with Gasteiger partial charge in [-0.25, -0.2) is 4.57 Å². The Hall–Kier alpha value is 0.0849. The van der Waals surface area contributed by atoms with Gasteiger partial charge in [-0.1, -0.05) is 0 Å². The fourth-order valence-corrected chi connectivity index (χ4v) is 1.20. The minimum absolute atomic E-state index is 0.0384. The van der Waals surface area contributed by atoms with Crippen molar-refractivity contribution in [3.8, 4) is 0 Å². The zero-order chi connectivity index (χ0) is 7.40. The van der Waals surface area contributed by atoms with Crippen LogP contribution in [0.4, 0.5) is 0 Å². The molecule has 1 heterocycles. The van der Waals surface area contributed by atoms with Gasteiger partial charge in [0.25, 0.3) is 0 Å². The molecule has 0 aromatic rings. The zero-order valence-corrected chi connectivity index (χ0v) is 6.42. The van der Waals surface area contributed by atoms with E-state index in [1.807, 2.05) is 0 Å². The normalized spacial score (nSPS) is 33.2. The van der Waals surface area contributed by atoms with Crippen LogP contribution in [0.25, 0.3) is 0 Å². The highest BCUT2D eigenvalue weighted by atomic mass is 31.1. The Morgan fingerprint density at radius 3 is 3.00 bits per heavy atom. The first-order chi connectivity index (χ1) is 4.83. The van der Waals surface area contributed by atoms with Gasteiger partial charge < -0.3 is 4.74 Å². The first kappa shape index (κ1) is 8.18. The van der Waals surface area contributed by atoms with Crippen LogP contribution in [-0.2, 0) is 13.8 Å². The Balaban J connectivity index is 2.12. The molecule has 0 aromatic carbocycles. The second kappa shape index (κ2) is 4.07. The second-order valence-electron chi connectivity index (χ2n) is 2.24. The number of hydrogen-bond acceptors (Lipinski definition) is 3. The van der Waals surface area contributed by atoms with Crippen LogP contribution >= 0.6 is 8.69 Å². The molecule has 10 heavy (non-hydrogen) atoms. The minimum atomic E-state index is -0.288. The highest BCUT2D eigenvalue weighted by molar-refractivity contribution is 7.17. The third-order valence-electron chi connectivity index (χ3n) is 1.45. The van der Waals surface area contributed by atoms with Crippen LogP contribution in [0.15, 0.2) is 0 Å². The van der Waals surface area contributed by atoms with Gasteiger partial charge >= 0.3 is 8.69 Å². The van der Waals surface area contributed by atoms with E-state index in [2.05, 4.69) is 4.52 Å². The molecule has 1 aliphatic rings. The average Bonchev–Trinajstić information content (AvgIpc) is 2.31. The lowest BCUT2D eigenvalue weighted by Crippen LogP contribution is -2.14. The van der Waals surface area contributed by atoms with Crippen molar-refractivity contribution in [2.45, 2.75) is 24.9 Å². The van der Waals surface area contributed by atoms with Crippen LogP contribution in [0.1, 0.15) is 12.8 Å². The van der Waals surface area contributed by atoms with Crippen LogP contribution in [0.3, 0.4) is 0 Å². The zero-order valence-electron chi connectivity index (χ0n) is 5.53. The molecule has 1 fully saturated rings. The molecule has 3 nitrogen and oxygen atoms in total. The molecule has 5 heteroatoms. The van der Waals surface area contributed by atoms with E-state index in [0.717, 1.165) is 12.8 Å². The Labute approximate surface area is 62.8 Å². The number of hydrogen-bond donors (Lipinski definition) is 0. The lowest BCUT2D eigenvalue weighted by molar-refractivity contribution is 0.0548. The predicted molar refractivity (Wildman–Crippen MR) is 37.2 cm³/mol. The summed E-state index contributed by atoms with van der Waals surface area (Å²) in [4.78, 5) is 0. The largest absolute Gasteiger partial charge is 0.382 e.